The molecule has 17 nitrogen and oxygen atoms in total. The molecular formula is C27H34N7O10S2+. The predicted octanol–water partition coefficient (Wildman–Crippen LogP) is 0.911. The van der Waals surface area contributed by atoms with Crippen molar-refractivity contribution in [3.8, 4) is 17.0 Å². The third-order valence-corrected chi connectivity index (χ3v) is 7.97. The molecule has 0 unspecified atom stereocenters. The van der Waals surface area contributed by atoms with E-state index in [9.17, 15) is 27.9 Å². The molecule has 2 aromatic heterocycles. The van der Waals surface area contributed by atoms with Gasteiger partial charge in [-0.3, -0.25) is 14.1 Å². The molecule has 3 aromatic rings. The number of carbonyl (C=O) groups is 3. The number of rotatable bonds is 15. The van der Waals surface area contributed by atoms with E-state index in [4.69, 9.17) is 19.9 Å². The number of aromatic nitrogens is 3. The van der Waals surface area contributed by atoms with Crippen LogP contribution in [0.1, 0.15) is 39.3 Å². The van der Waals surface area contributed by atoms with E-state index in [0.717, 1.165) is 42.0 Å². The number of imidazole rings is 1. The number of aryl methyl sites for hydroxylation is 2. The minimum atomic E-state index is -5.01. The number of amides is 2. The Morgan fingerprint density at radius 3 is 2.54 bits per heavy atom. The minimum Gasteiger partial charge on any atom is -0.489 e. The largest absolute Gasteiger partial charge is 0.489 e. The Labute approximate surface area is 268 Å². The number of carbonyl (C=O) groups excluding carboxylic acids is 2. The SMILES string of the molecule is CCCC[n+]1cc(-c2ccc(OC[C@H](O/N=C(\C(=O)N[C@@H]3C(=O)N(OS(=O)(=O)O)C3(C)C)c3csc(N)n3)C(=O)O)cc2)n(C)c1. The van der Waals surface area contributed by atoms with Gasteiger partial charge in [0.1, 0.15) is 30.3 Å². The fraction of sp³-hybridized carbons (Fsp3) is 0.407. The number of nitrogens with one attached hydrogen (secondary N) is 1. The van der Waals surface area contributed by atoms with Crippen LogP contribution in [0, 0.1) is 0 Å². The number of hydroxylamine groups is 2. The summed E-state index contributed by atoms with van der Waals surface area (Å²) in [5.41, 5.74) is 5.61. The van der Waals surface area contributed by atoms with Gasteiger partial charge >= 0.3 is 16.4 Å². The number of nitrogen functional groups attached to an aromatic ring is 1. The van der Waals surface area contributed by atoms with Crippen molar-refractivity contribution in [3.05, 3.63) is 47.9 Å². The van der Waals surface area contributed by atoms with Crippen molar-refractivity contribution in [2.24, 2.45) is 12.2 Å². The first-order chi connectivity index (χ1) is 21.6. The summed E-state index contributed by atoms with van der Waals surface area (Å²) < 4.78 is 45.2. The highest BCUT2D eigenvalue weighted by atomic mass is 32.3. The highest BCUT2D eigenvalue weighted by molar-refractivity contribution is 7.80. The Hall–Kier alpha value is -4.59. The van der Waals surface area contributed by atoms with Gasteiger partial charge in [-0.15, -0.1) is 15.6 Å². The van der Waals surface area contributed by atoms with Crippen LogP contribution >= 0.6 is 11.3 Å². The molecule has 19 heteroatoms. The van der Waals surface area contributed by atoms with E-state index in [-0.39, 0.29) is 10.8 Å². The van der Waals surface area contributed by atoms with Crippen molar-refractivity contribution < 1.29 is 50.9 Å². The van der Waals surface area contributed by atoms with E-state index >= 15 is 0 Å². The van der Waals surface area contributed by atoms with Crippen LogP contribution in [0.4, 0.5) is 5.13 Å². The number of aliphatic carboxylic acids is 1. The summed E-state index contributed by atoms with van der Waals surface area (Å²) in [5, 5.41) is 17.6. The molecular weight excluding hydrogens is 646 g/mol. The quantitative estimate of drug-likeness (QED) is 0.0577. The van der Waals surface area contributed by atoms with E-state index < -0.39 is 58.2 Å². The van der Waals surface area contributed by atoms with E-state index in [2.05, 4.69) is 31.2 Å². The lowest BCUT2D eigenvalue weighted by atomic mass is 9.84. The molecule has 248 valence electrons. The number of benzene rings is 1. The summed E-state index contributed by atoms with van der Waals surface area (Å²) >= 11 is 0.966. The summed E-state index contributed by atoms with van der Waals surface area (Å²) in [6, 6.07) is 5.73. The van der Waals surface area contributed by atoms with Crippen molar-refractivity contribution in [1.29, 1.82) is 0 Å². The summed E-state index contributed by atoms with van der Waals surface area (Å²) in [5.74, 6) is -3.07. The average molecular weight is 681 g/mol. The van der Waals surface area contributed by atoms with Gasteiger partial charge < -0.3 is 25.7 Å². The molecule has 1 fully saturated rings. The molecule has 1 aliphatic heterocycles. The van der Waals surface area contributed by atoms with Crippen LogP contribution in [-0.2, 0) is 47.5 Å². The van der Waals surface area contributed by atoms with Gasteiger partial charge in [0, 0.05) is 10.9 Å². The highest BCUT2D eigenvalue weighted by Gasteiger charge is 2.58. The van der Waals surface area contributed by atoms with Crippen LogP contribution in [0.5, 0.6) is 5.75 Å². The first-order valence-corrected chi connectivity index (χ1v) is 16.1. The van der Waals surface area contributed by atoms with Crippen LogP contribution in [0.2, 0.25) is 0 Å². The van der Waals surface area contributed by atoms with E-state index in [1.54, 1.807) is 12.1 Å². The molecule has 0 spiro atoms. The van der Waals surface area contributed by atoms with Crippen LogP contribution in [0.3, 0.4) is 0 Å². The maximum Gasteiger partial charge on any atom is 0.418 e. The molecule has 3 heterocycles. The zero-order valence-corrected chi connectivity index (χ0v) is 26.9. The first kappa shape index (κ1) is 34.3. The third-order valence-electron chi connectivity index (χ3n) is 6.96. The lowest BCUT2D eigenvalue weighted by molar-refractivity contribution is -0.696. The van der Waals surface area contributed by atoms with Crippen molar-refractivity contribution in [1.82, 2.24) is 19.9 Å². The van der Waals surface area contributed by atoms with Crippen LogP contribution in [0.15, 0.2) is 47.3 Å². The monoisotopic (exact) mass is 680 g/mol. The normalized spacial score (nSPS) is 16.9. The van der Waals surface area contributed by atoms with Crippen LogP contribution < -0.4 is 20.4 Å². The van der Waals surface area contributed by atoms with E-state index in [1.165, 1.54) is 19.2 Å². The fourth-order valence-electron chi connectivity index (χ4n) is 4.48. The summed E-state index contributed by atoms with van der Waals surface area (Å²) in [6.07, 6.45) is 4.54. The molecule has 5 N–H and O–H groups in total. The van der Waals surface area contributed by atoms with Gasteiger partial charge in [-0.05, 0) is 44.5 Å². The van der Waals surface area contributed by atoms with E-state index in [0.29, 0.717) is 10.8 Å². The molecule has 0 saturated carbocycles. The number of oxime groups is 1. The molecule has 1 saturated heterocycles. The number of carboxylic acids is 1. The lowest BCUT2D eigenvalue weighted by Gasteiger charge is -2.50. The third kappa shape index (κ3) is 7.97. The molecule has 1 aliphatic rings. The van der Waals surface area contributed by atoms with Crippen molar-refractivity contribution in [2.75, 3.05) is 12.3 Å². The number of β-lactam (4-membered cyclic amide) rings is 1. The topological polar surface area (TPSA) is 229 Å². The van der Waals surface area contributed by atoms with Gasteiger partial charge in [-0.1, -0.05) is 18.5 Å². The number of hydrogen-bond donors (Lipinski definition) is 4. The molecule has 4 rings (SSSR count). The highest BCUT2D eigenvalue weighted by Crippen LogP contribution is 2.33. The number of anilines is 1. The Balaban J connectivity index is 1.45. The number of hydrogen-bond acceptors (Lipinski definition) is 12. The minimum absolute atomic E-state index is 0.0657. The van der Waals surface area contributed by atoms with Gasteiger partial charge in [0.2, 0.25) is 6.33 Å². The Bertz CT molecular complexity index is 1730. The fourth-order valence-corrected chi connectivity index (χ4v) is 5.49. The summed E-state index contributed by atoms with van der Waals surface area (Å²) in [7, 11) is -3.06. The zero-order chi connectivity index (χ0) is 33.8. The van der Waals surface area contributed by atoms with Gasteiger partial charge in [-0.2, -0.15) is 13.5 Å². The Morgan fingerprint density at radius 1 is 1.28 bits per heavy atom. The molecule has 0 radical (unpaired) electrons. The standard InChI is InChI=1S/C27H33N7O10S2/c1-5-6-11-33-12-19(32(4)15-33)16-7-9-17(10-8-16)42-13-20(25(37)38)43-31-21(18-14-45-26(28)29-18)23(35)30-22-24(36)34(27(22,2)3)44-46(39,40)41/h7-10,12,14-15,20,22H,5-6,11,13H2,1-4H3,(H4-,28,29,30,35,37,38,39,40,41)/p+1/b31-21-/t20-,22+/m0/s1. The second-order valence-electron chi connectivity index (χ2n) is 10.8. The average Bonchev–Trinajstić information content (AvgIpc) is 3.59. The van der Waals surface area contributed by atoms with Gasteiger partial charge in [-0.25, -0.2) is 18.9 Å². The molecule has 46 heavy (non-hydrogen) atoms. The number of nitrogens with zero attached hydrogens (tertiary/aromatic N) is 5. The number of carboxylic acid groups (broad SMARTS) is 1. The number of ether oxygens (including phenoxy) is 1. The molecule has 2 atom stereocenters. The smallest absolute Gasteiger partial charge is 0.418 e. The Morgan fingerprint density at radius 2 is 1.98 bits per heavy atom. The van der Waals surface area contributed by atoms with Gasteiger partial charge in [0.25, 0.3) is 17.9 Å². The van der Waals surface area contributed by atoms with Gasteiger partial charge in [0.05, 0.1) is 19.1 Å². The molecule has 1 aromatic carbocycles. The molecule has 2 amide bonds. The van der Waals surface area contributed by atoms with Crippen molar-refractivity contribution >= 4 is 50.4 Å². The predicted molar refractivity (Wildman–Crippen MR) is 163 cm³/mol. The number of thiazole rings is 1. The molecule has 0 aliphatic carbocycles. The maximum atomic E-state index is 13.2. The van der Waals surface area contributed by atoms with Crippen molar-refractivity contribution in [3.63, 3.8) is 0 Å². The zero-order valence-electron chi connectivity index (χ0n) is 25.3. The maximum absolute atomic E-state index is 13.2. The first-order valence-electron chi connectivity index (χ1n) is 13.9. The summed E-state index contributed by atoms with van der Waals surface area (Å²) in [4.78, 5) is 46.9. The number of unbranched alkanes of at least 4 members (excludes halogenated alkanes) is 1. The number of nitrogens with two attached hydrogens (primary N) is 1. The van der Waals surface area contributed by atoms with Crippen molar-refractivity contribution in [2.45, 2.75) is 57.8 Å². The van der Waals surface area contributed by atoms with E-state index in [1.807, 2.05) is 36.3 Å². The van der Waals surface area contributed by atoms with Gasteiger partial charge in [0.15, 0.2) is 16.5 Å². The lowest BCUT2D eigenvalue weighted by Crippen LogP contribution is -2.76. The summed E-state index contributed by atoms with van der Waals surface area (Å²) in [6.45, 7) is 5.29. The van der Waals surface area contributed by atoms with Crippen LogP contribution in [-0.4, -0.2) is 80.5 Å². The Kier molecular flexibility index (Phi) is 10.3. The molecule has 0 bridgehead atoms. The van der Waals surface area contributed by atoms with Crippen LogP contribution in [0.25, 0.3) is 11.3 Å². The second kappa shape index (κ2) is 13.8. The second-order valence-corrected chi connectivity index (χ2v) is 12.7.